The highest BCUT2D eigenvalue weighted by Gasteiger charge is 2.33. The molecule has 0 bridgehead atoms. The highest BCUT2D eigenvalue weighted by molar-refractivity contribution is 6.32. The number of carbonyl (C=O) groups excluding carboxylic acids is 1. The number of likely N-dealkylation sites (tertiary alicyclic amines) is 1. The van der Waals surface area contributed by atoms with E-state index in [-0.39, 0.29) is 6.04 Å². The third-order valence-electron chi connectivity index (χ3n) is 4.41. The van der Waals surface area contributed by atoms with E-state index in [1.165, 1.54) is 5.56 Å². The minimum atomic E-state index is -0.502. The summed E-state index contributed by atoms with van der Waals surface area (Å²) in [5.74, 6) is 0. The van der Waals surface area contributed by atoms with Crippen molar-refractivity contribution in [3.05, 3.63) is 46.0 Å². The summed E-state index contributed by atoms with van der Waals surface area (Å²) in [6.45, 7) is 8.72. The first kappa shape index (κ1) is 16.1. The zero-order chi connectivity index (χ0) is 15.6. The molecule has 1 aromatic rings. The van der Waals surface area contributed by atoms with E-state index in [1.54, 1.807) is 4.90 Å². The fourth-order valence-corrected chi connectivity index (χ4v) is 3.20. The van der Waals surface area contributed by atoms with E-state index in [9.17, 15) is 9.90 Å². The van der Waals surface area contributed by atoms with Gasteiger partial charge in [0.15, 0.2) is 0 Å². The molecule has 2 rings (SSSR count). The Morgan fingerprint density at radius 1 is 1.52 bits per heavy atom. The predicted molar refractivity (Wildman–Crippen MR) is 85.6 cm³/mol. The maximum Gasteiger partial charge on any atom is 0.210 e. The Bertz CT molecular complexity index is 556. The van der Waals surface area contributed by atoms with Gasteiger partial charge in [-0.05, 0) is 49.8 Å². The summed E-state index contributed by atoms with van der Waals surface area (Å²) in [6.07, 6.45) is 2.41. The van der Waals surface area contributed by atoms with Crippen LogP contribution in [-0.4, -0.2) is 35.1 Å². The number of rotatable bonds is 5. The van der Waals surface area contributed by atoms with Crippen molar-refractivity contribution in [3.8, 4) is 0 Å². The van der Waals surface area contributed by atoms with E-state index < -0.39 is 6.10 Å². The van der Waals surface area contributed by atoms with Crippen LogP contribution in [0.2, 0.25) is 5.02 Å². The molecule has 0 aliphatic carbocycles. The highest BCUT2D eigenvalue weighted by Crippen LogP contribution is 2.28. The van der Waals surface area contributed by atoms with Gasteiger partial charge in [0.2, 0.25) is 6.41 Å². The maximum absolute atomic E-state index is 11.0. The third kappa shape index (κ3) is 3.30. The van der Waals surface area contributed by atoms with Crippen LogP contribution in [0.25, 0.3) is 0 Å². The molecule has 1 aliphatic rings. The summed E-state index contributed by atoms with van der Waals surface area (Å²) in [4.78, 5) is 12.7. The number of amides is 1. The summed E-state index contributed by atoms with van der Waals surface area (Å²) in [5.41, 5.74) is 4.27. The number of halogens is 1. The molecule has 1 amide bonds. The molecule has 1 fully saturated rings. The predicted octanol–water partition coefficient (Wildman–Crippen LogP) is 3.04. The zero-order valence-corrected chi connectivity index (χ0v) is 13.4. The molecule has 114 valence electrons. The van der Waals surface area contributed by atoms with Gasteiger partial charge in [0.05, 0.1) is 12.1 Å². The molecule has 1 saturated heterocycles. The Kier molecular flexibility index (Phi) is 5.07. The smallest absolute Gasteiger partial charge is 0.210 e. The molecular weight excluding hydrogens is 286 g/mol. The molecule has 2 atom stereocenters. The van der Waals surface area contributed by atoms with Gasteiger partial charge < -0.3 is 10.0 Å². The van der Waals surface area contributed by atoms with Crippen LogP contribution in [0.1, 0.15) is 29.5 Å². The van der Waals surface area contributed by atoms with E-state index in [2.05, 4.69) is 12.6 Å². The Hall–Kier alpha value is -1.32. The largest absolute Gasteiger partial charge is 0.391 e. The van der Waals surface area contributed by atoms with Crippen LogP contribution in [0.3, 0.4) is 0 Å². The van der Waals surface area contributed by atoms with Crippen molar-refractivity contribution in [2.24, 2.45) is 0 Å². The van der Waals surface area contributed by atoms with Crippen LogP contribution < -0.4 is 0 Å². The number of hydrogen-bond donors (Lipinski definition) is 1. The van der Waals surface area contributed by atoms with Crippen LogP contribution in [0, 0.1) is 13.8 Å². The van der Waals surface area contributed by atoms with Gasteiger partial charge in [0.1, 0.15) is 0 Å². The third-order valence-corrected chi connectivity index (χ3v) is 4.94. The molecule has 21 heavy (non-hydrogen) atoms. The molecule has 3 nitrogen and oxygen atoms in total. The highest BCUT2D eigenvalue weighted by atomic mass is 35.5. The Labute approximate surface area is 131 Å². The van der Waals surface area contributed by atoms with Gasteiger partial charge in [0, 0.05) is 11.6 Å². The number of nitrogens with zero attached hydrogens (tertiary/aromatic N) is 1. The van der Waals surface area contributed by atoms with Crippen molar-refractivity contribution >= 4 is 18.0 Å². The van der Waals surface area contributed by atoms with Gasteiger partial charge >= 0.3 is 0 Å². The van der Waals surface area contributed by atoms with Gasteiger partial charge in [-0.3, -0.25) is 4.79 Å². The summed E-state index contributed by atoms with van der Waals surface area (Å²) in [5, 5.41) is 10.8. The molecule has 2 unspecified atom stereocenters. The molecular formula is C17H22ClNO2. The fourth-order valence-electron chi connectivity index (χ4n) is 2.90. The van der Waals surface area contributed by atoms with Gasteiger partial charge in [-0.25, -0.2) is 0 Å². The van der Waals surface area contributed by atoms with Crippen LogP contribution in [0.5, 0.6) is 0 Å². The maximum atomic E-state index is 11.0. The standard InChI is InChI=1S/C17H22ClNO2/c1-11-4-6-14(16(18)13(11)3)7-5-12(2)17-15(21)8-9-19(17)10-20/h4,6,10,15,17,21H,2,5,7-9H2,1,3H3. The Morgan fingerprint density at radius 3 is 2.90 bits per heavy atom. The van der Waals surface area contributed by atoms with Crippen molar-refractivity contribution in [1.82, 2.24) is 4.90 Å². The molecule has 1 aromatic carbocycles. The van der Waals surface area contributed by atoms with Crippen LogP contribution in [-0.2, 0) is 11.2 Å². The second kappa shape index (κ2) is 6.63. The first-order valence-corrected chi connectivity index (χ1v) is 7.65. The Balaban J connectivity index is 2.04. The number of hydrogen-bond acceptors (Lipinski definition) is 2. The van der Waals surface area contributed by atoms with Crippen molar-refractivity contribution in [2.75, 3.05) is 6.54 Å². The SMILES string of the molecule is C=C(CCc1ccc(C)c(C)c1Cl)C1C(O)CCN1C=O. The lowest BCUT2D eigenvalue weighted by molar-refractivity contribution is -0.119. The summed E-state index contributed by atoms with van der Waals surface area (Å²) >= 11 is 6.38. The number of aliphatic hydroxyl groups excluding tert-OH is 1. The minimum Gasteiger partial charge on any atom is -0.391 e. The second-order valence-electron chi connectivity index (χ2n) is 5.78. The summed E-state index contributed by atoms with van der Waals surface area (Å²) in [7, 11) is 0. The summed E-state index contributed by atoms with van der Waals surface area (Å²) in [6, 6.07) is 3.86. The van der Waals surface area contributed by atoms with Gasteiger partial charge in [-0.1, -0.05) is 35.9 Å². The van der Waals surface area contributed by atoms with Crippen molar-refractivity contribution < 1.29 is 9.90 Å². The normalized spacial score (nSPS) is 21.6. The van der Waals surface area contributed by atoms with Gasteiger partial charge in [-0.2, -0.15) is 0 Å². The molecule has 0 spiro atoms. The van der Waals surface area contributed by atoms with Gasteiger partial charge in [-0.15, -0.1) is 0 Å². The molecule has 1 heterocycles. The fraction of sp³-hybridized carbons (Fsp3) is 0.471. The topological polar surface area (TPSA) is 40.5 Å². The van der Waals surface area contributed by atoms with E-state index in [1.807, 2.05) is 19.9 Å². The number of aryl methyl sites for hydroxylation is 2. The second-order valence-corrected chi connectivity index (χ2v) is 6.16. The van der Waals surface area contributed by atoms with Crippen LogP contribution >= 0.6 is 11.6 Å². The lowest BCUT2D eigenvalue weighted by atomic mass is 9.95. The number of benzene rings is 1. The van der Waals surface area contributed by atoms with E-state index in [0.29, 0.717) is 19.4 Å². The molecule has 1 N–H and O–H groups in total. The average molecular weight is 308 g/mol. The van der Waals surface area contributed by atoms with E-state index in [0.717, 1.165) is 34.6 Å². The monoisotopic (exact) mass is 307 g/mol. The first-order valence-electron chi connectivity index (χ1n) is 7.27. The summed E-state index contributed by atoms with van der Waals surface area (Å²) < 4.78 is 0. The lowest BCUT2D eigenvalue weighted by Gasteiger charge is -2.25. The zero-order valence-electron chi connectivity index (χ0n) is 12.6. The number of aliphatic hydroxyl groups is 1. The quantitative estimate of drug-likeness (QED) is 0.671. The molecule has 1 aliphatic heterocycles. The van der Waals surface area contributed by atoms with Crippen LogP contribution in [0.15, 0.2) is 24.3 Å². The van der Waals surface area contributed by atoms with Crippen molar-refractivity contribution in [1.29, 1.82) is 0 Å². The van der Waals surface area contributed by atoms with E-state index in [4.69, 9.17) is 11.6 Å². The average Bonchev–Trinajstić information content (AvgIpc) is 2.84. The lowest BCUT2D eigenvalue weighted by Crippen LogP contribution is -2.35. The van der Waals surface area contributed by atoms with Crippen molar-refractivity contribution in [3.63, 3.8) is 0 Å². The molecule has 0 aromatic heterocycles. The number of carbonyl (C=O) groups is 1. The van der Waals surface area contributed by atoms with Crippen LogP contribution in [0.4, 0.5) is 0 Å². The minimum absolute atomic E-state index is 0.257. The molecule has 0 saturated carbocycles. The van der Waals surface area contributed by atoms with Crippen molar-refractivity contribution in [2.45, 2.75) is 45.3 Å². The first-order chi connectivity index (χ1) is 9.95. The molecule has 0 radical (unpaired) electrons. The Morgan fingerprint density at radius 2 is 2.24 bits per heavy atom. The van der Waals surface area contributed by atoms with E-state index >= 15 is 0 Å². The molecule has 4 heteroatoms. The van der Waals surface area contributed by atoms with Gasteiger partial charge in [0.25, 0.3) is 0 Å².